The third-order valence-electron chi connectivity index (χ3n) is 5.57. The zero-order valence-corrected chi connectivity index (χ0v) is 15.3. The molecule has 3 aliphatic rings. The van der Waals surface area contributed by atoms with E-state index in [1.54, 1.807) is 6.92 Å². The van der Waals surface area contributed by atoms with Crippen LogP contribution in [0.25, 0.3) is 0 Å². The molecule has 0 aromatic heterocycles. The van der Waals surface area contributed by atoms with Crippen molar-refractivity contribution in [2.24, 2.45) is 11.8 Å². The smallest absolute Gasteiger partial charge is 0.340 e. The van der Waals surface area contributed by atoms with E-state index in [9.17, 15) is 35.1 Å². The van der Waals surface area contributed by atoms with E-state index in [2.05, 4.69) is 4.74 Å². The minimum Gasteiger partial charge on any atom is -0.471 e. The summed E-state index contributed by atoms with van der Waals surface area (Å²) in [6.07, 6.45) is -8.14. The van der Waals surface area contributed by atoms with Crippen LogP contribution in [0.15, 0.2) is 11.8 Å². The Morgan fingerprint density at radius 1 is 1.25 bits per heavy atom. The first-order valence-electron chi connectivity index (χ1n) is 8.82. The molecule has 1 saturated heterocycles. The molecule has 3 rings (SSSR count). The van der Waals surface area contributed by atoms with Crippen LogP contribution in [0.3, 0.4) is 0 Å². The Labute approximate surface area is 160 Å². The molecule has 0 amide bonds. The number of ketones is 1. The van der Waals surface area contributed by atoms with Gasteiger partial charge in [0.05, 0.1) is 19.6 Å². The van der Waals surface area contributed by atoms with E-state index >= 15 is 0 Å². The van der Waals surface area contributed by atoms with Crippen molar-refractivity contribution in [1.29, 1.82) is 0 Å². The normalized spacial score (nSPS) is 45.8. The van der Waals surface area contributed by atoms with Crippen LogP contribution in [0.5, 0.6) is 0 Å². The van der Waals surface area contributed by atoms with E-state index in [1.165, 1.54) is 0 Å². The maximum absolute atomic E-state index is 12.5. The minimum atomic E-state index is -2.20. The second-order valence-corrected chi connectivity index (χ2v) is 7.26. The molecule has 2 heterocycles. The van der Waals surface area contributed by atoms with Crippen molar-refractivity contribution in [3.05, 3.63) is 11.8 Å². The molecule has 11 nitrogen and oxygen atoms in total. The van der Waals surface area contributed by atoms with Gasteiger partial charge >= 0.3 is 5.97 Å². The second kappa shape index (κ2) is 7.67. The van der Waals surface area contributed by atoms with Gasteiger partial charge in [0.1, 0.15) is 36.3 Å². The van der Waals surface area contributed by atoms with Crippen molar-refractivity contribution in [3.63, 3.8) is 0 Å². The number of carbonyl (C=O) groups excluding carboxylic acids is 2. The lowest BCUT2D eigenvalue weighted by Gasteiger charge is -2.44. The SMILES string of the molecule is COC(=O)C1=CO[C@H](O[C@@H]2O[C@H](CO)[C@@H](O)[C@H](O)[C@H]2O)[C@@H]2[C@@H](C)CC(=O)[C@]12O. The van der Waals surface area contributed by atoms with Gasteiger partial charge in [0.2, 0.25) is 6.29 Å². The number of Topliss-reactive ketones (excluding diaryl/α,β-unsaturated/α-hetero) is 1. The van der Waals surface area contributed by atoms with Crippen molar-refractivity contribution < 1.29 is 54.1 Å². The highest BCUT2D eigenvalue weighted by Crippen LogP contribution is 2.48. The zero-order chi connectivity index (χ0) is 20.8. The third kappa shape index (κ3) is 3.12. The van der Waals surface area contributed by atoms with Crippen LogP contribution >= 0.6 is 0 Å². The van der Waals surface area contributed by atoms with Gasteiger partial charge in [-0.2, -0.15) is 0 Å². The number of aliphatic hydroxyl groups is 5. The molecule has 0 spiro atoms. The van der Waals surface area contributed by atoms with Gasteiger partial charge in [-0.1, -0.05) is 6.92 Å². The predicted molar refractivity (Wildman–Crippen MR) is 87.1 cm³/mol. The van der Waals surface area contributed by atoms with Gasteiger partial charge in [-0.05, 0) is 5.92 Å². The average molecular weight is 404 g/mol. The molecular formula is C17H24O11. The van der Waals surface area contributed by atoms with E-state index in [0.29, 0.717) is 0 Å². The standard InChI is InChI=1S/C17H24O11/c1-6-3-9(19)17(24)7(14(23)25-2)5-26-15(10(6)17)28-16-13(22)12(21)11(20)8(4-18)27-16/h5-6,8,10-13,15-16,18,20-22,24H,3-4H2,1-2H3/t6-,8+,10-,11+,12-,13+,15+,16-,17+/m0/s1. The van der Waals surface area contributed by atoms with Crippen molar-refractivity contribution in [2.45, 2.75) is 55.9 Å². The summed E-state index contributed by atoms with van der Waals surface area (Å²) >= 11 is 0. The lowest BCUT2D eigenvalue weighted by molar-refractivity contribution is -0.346. The molecule has 0 bridgehead atoms. The summed E-state index contributed by atoms with van der Waals surface area (Å²) in [6.45, 7) is 1.01. The number of aliphatic hydroxyl groups excluding tert-OH is 4. The molecule has 2 aliphatic heterocycles. The van der Waals surface area contributed by atoms with Gasteiger partial charge < -0.3 is 44.5 Å². The Morgan fingerprint density at radius 3 is 2.54 bits per heavy atom. The number of esters is 1. The first-order valence-corrected chi connectivity index (χ1v) is 8.82. The zero-order valence-electron chi connectivity index (χ0n) is 15.3. The summed E-state index contributed by atoms with van der Waals surface area (Å²) in [7, 11) is 1.10. The van der Waals surface area contributed by atoms with Crippen molar-refractivity contribution in [2.75, 3.05) is 13.7 Å². The number of methoxy groups -OCH3 is 1. The summed E-state index contributed by atoms with van der Waals surface area (Å²) in [5, 5.41) is 50.2. The fourth-order valence-electron chi connectivity index (χ4n) is 4.02. The van der Waals surface area contributed by atoms with Crippen molar-refractivity contribution in [1.82, 2.24) is 0 Å². The Balaban J connectivity index is 1.88. The molecular weight excluding hydrogens is 380 g/mol. The van der Waals surface area contributed by atoms with Crippen LogP contribution in [-0.2, 0) is 28.5 Å². The molecule has 5 N–H and O–H groups in total. The second-order valence-electron chi connectivity index (χ2n) is 7.26. The van der Waals surface area contributed by atoms with Crippen molar-refractivity contribution in [3.8, 4) is 0 Å². The number of hydrogen-bond donors (Lipinski definition) is 5. The molecule has 0 aromatic carbocycles. The molecule has 2 fully saturated rings. The highest BCUT2D eigenvalue weighted by Gasteiger charge is 2.63. The van der Waals surface area contributed by atoms with Crippen LogP contribution < -0.4 is 0 Å². The largest absolute Gasteiger partial charge is 0.471 e. The van der Waals surface area contributed by atoms with Gasteiger partial charge in [0, 0.05) is 6.42 Å². The average Bonchev–Trinajstić information content (AvgIpc) is 2.91. The maximum atomic E-state index is 12.5. The Bertz CT molecular complexity index is 661. The molecule has 1 aliphatic carbocycles. The fourth-order valence-corrected chi connectivity index (χ4v) is 4.02. The summed E-state index contributed by atoms with van der Waals surface area (Å²) in [5.74, 6) is -3.01. The molecule has 0 unspecified atom stereocenters. The topological polar surface area (TPSA) is 172 Å². The lowest BCUT2D eigenvalue weighted by atomic mass is 9.79. The number of rotatable bonds is 4. The first kappa shape index (κ1) is 21.1. The van der Waals surface area contributed by atoms with E-state index < -0.39 is 72.8 Å². The number of ether oxygens (including phenoxy) is 4. The van der Waals surface area contributed by atoms with Gasteiger partial charge in [0.25, 0.3) is 0 Å². The monoisotopic (exact) mass is 404 g/mol. The van der Waals surface area contributed by atoms with Gasteiger partial charge in [-0.25, -0.2) is 4.79 Å². The Kier molecular flexibility index (Phi) is 5.79. The Morgan fingerprint density at radius 2 is 1.93 bits per heavy atom. The third-order valence-corrected chi connectivity index (χ3v) is 5.57. The number of fused-ring (bicyclic) bond motifs is 1. The molecule has 0 aromatic rings. The van der Waals surface area contributed by atoms with Gasteiger partial charge in [0.15, 0.2) is 17.7 Å². The van der Waals surface area contributed by atoms with Crippen LogP contribution in [-0.4, -0.2) is 93.6 Å². The van der Waals surface area contributed by atoms with Crippen LogP contribution in [0.2, 0.25) is 0 Å². The highest BCUT2D eigenvalue weighted by atomic mass is 16.8. The first-order chi connectivity index (χ1) is 13.2. The molecule has 11 heteroatoms. The lowest BCUT2D eigenvalue weighted by Crippen LogP contribution is -2.61. The molecule has 9 atom stereocenters. The summed E-state index contributed by atoms with van der Waals surface area (Å²) in [6, 6.07) is 0. The van der Waals surface area contributed by atoms with E-state index in [0.717, 1.165) is 13.4 Å². The number of carbonyl (C=O) groups is 2. The summed E-state index contributed by atoms with van der Waals surface area (Å²) in [5.41, 5.74) is -2.56. The molecule has 28 heavy (non-hydrogen) atoms. The molecule has 158 valence electrons. The predicted octanol–water partition coefficient (Wildman–Crippen LogP) is -2.83. The van der Waals surface area contributed by atoms with E-state index in [-0.39, 0.29) is 12.0 Å². The fraction of sp³-hybridized carbons (Fsp3) is 0.765. The van der Waals surface area contributed by atoms with Crippen LogP contribution in [0.4, 0.5) is 0 Å². The minimum absolute atomic E-state index is 0.0482. The van der Waals surface area contributed by atoms with E-state index in [4.69, 9.17) is 14.2 Å². The molecule has 0 radical (unpaired) electrons. The summed E-state index contributed by atoms with van der Waals surface area (Å²) < 4.78 is 20.9. The van der Waals surface area contributed by atoms with Gasteiger partial charge in [-0.15, -0.1) is 0 Å². The highest BCUT2D eigenvalue weighted by molar-refractivity contribution is 6.04. The van der Waals surface area contributed by atoms with Crippen molar-refractivity contribution >= 4 is 11.8 Å². The molecule has 1 saturated carbocycles. The van der Waals surface area contributed by atoms with E-state index in [1.807, 2.05) is 0 Å². The van der Waals surface area contributed by atoms with Crippen LogP contribution in [0.1, 0.15) is 13.3 Å². The number of hydrogen-bond acceptors (Lipinski definition) is 11. The quantitative estimate of drug-likeness (QED) is 0.306. The van der Waals surface area contributed by atoms with Gasteiger partial charge in [-0.3, -0.25) is 4.79 Å². The summed E-state index contributed by atoms with van der Waals surface area (Å²) in [4.78, 5) is 24.5. The van der Waals surface area contributed by atoms with Crippen LogP contribution in [0, 0.1) is 11.8 Å². The Hall–Kier alpha value is -1.60. The maximum Gasteiger partial charge on any atom is 0.340 e.